The molecule has 0 heterocycles. The van der Waals surface area contributed by atoms with Crippen LogP contribution in [0.5, 0.6) is 0 Å². The minimum atomic E-state index is -0.784. The highest BCUT2D eigenvalue weighted by Gasteiger charge is 2.51. The van der Waals surface area contributed by atoms with Crippen molar-refractivity contribution in [2.45, 2.75) is 18.3 Å². The van der Waals surface area contributed by atoms with Gasteiger partial charge in [0.15, 0.2) is 6.29 Å². The molecule has 0 unspecified atom stereocenters. The Labute approximate surface area is 93.1 Å². The first-order chi connectivity index (χ1) is 7.69. The van der Waals surface area contributed by atoms with E-state index in [0.29, 0.717) is 24.7 Å². The van der Waals surface area contributed by atoms with E-state index in [1.165, 1.54) is 0 Å². The van der Waals surface area contributed by atoms with E-state index in [2.05, 4.69) is 11.8 Å². The molecule has 1 N–H and O–H groups in total. The van der Waals surface area contributed by atoms with Gasteiger partial charge in [0.2, 0.25) is 0 Å². The van der Waals surface area contributed by atoms with E-state index in [-0.39, 0.29) is 0 Å². The minimum Gasteiger partial charge on any atom is -0.481 e. The fourth-order valence-corrected chi connectivity index (χ4v) is 1.76. The van der Waals surface area contributed by atoms with Crippen LogP contribution in [-0.4, -0.2) is 17.4 Å². The number of carbonyl (C=O) groups excluding carboxylic acids is 1. The van der Waals surface area contributed by atoms with Crippen LogP contribution in [0.4, 0.5) is 0 Å². The molecule has 1 aliphatic rings. The third-order valence-electron chi connectivity index (χ3n) is 2.85. The number of carboxylic acid groups (broad SMARTS) is 1. The molecular formula is C13H10O3. The summed E-state index contributed by atoms with van der Waals surface area (Å²) in [6.45, 7) is 0. The number of hydrogen-bond donors (Lipinski definition) is 1. The van der Waals surface area contributed by atoms with Crippen molar-refractivity contribution in [3.8, 4) is 11.8 Å². The number of hydrogen-bond acceptors (Lipinski definition) is 2. The van der Waals surface area contributed by atoms with Crippen LogP contribution in [0.25, 0.3) is 0 Å². The Morgan fingerprint density at radius 1 is 1.44 bits per heavy atom. The maximum Gasteiger partial charge on any atom is 0.314 e. The van der Waals surface area contributed by atoms with Gasteiger partial charge in [-0.3, -0.25) is 9.59 Å². The zero-order chi connectivity index (χ0) is 11.6. The Morgan fingerprint density at radius 3 is 2.75 bits per heavy atom. The zero-order valence-electron chi connectivity index (χ0n) is 8.56. The van der Waals surface area contributed by atoms with Crippen molar-refractivity contribution in [3.63, 3.8) is 0 Å². The van der Waals surface area contributed by atoms with E-state index in [1.54, 1.807) is 24.3 Å². The number of aliphatic carboxylic acids is 1. The highest BCUT2D eigenvalue weighted by atomic mass is 16.4. The summed E-state index contributed by atoms with van der Waals surface area (Å²) in [6.07, 6.45) is 1.87. The average Bonchev–Trinajstić information content (AvgIpc) is 3.08. The molecule has 0 aliphatic heterocycles. The molecule has 0 spiro atoms. The predicted octanol–water partition coefficient (Wildman–Crippen LogP) is 1.35. The molecule has 0 saturated heterocycles. The third kappa shape index (κ3) is 1.70. The lowest BCUT2D eigenvalue weighted by Crippen LogP contribution is -2.19. The zero-order valence-corrected chi connectivity index (χ0v) is 8.56. The normalized spacial score (nSPS) is 15.8. The van der Waals surface area contributed by atoms with E-state index < -0.39 is 11.4 Å². The second-order valence-electron chi connectivity index (χ2n) is 3.86. The van der Waals surface area contributed by atoms with Crippen molar-refractivity contribution in [1.29, 1.82) is 0 Å². The van der Waals surface area contributed by atoms with Crippen LogP contribution >= 0.6 is 0 Å². The second kappa shape index (κ2) is 3.82. The van der Waals surface area contributed by atoms with E-state index in [1.807, 2.05) is 0 Å². The van der Waals surface area contributed by atoms with Gasteiger partial charge in [-0.15, -0.1) is 0 Å². The molecule has 3 nitrogen and oxygen atoms in total. The summed E-state index contributed by atoms with van der Waals surface area (Å²) in [5.74, 6) is 4.19. The van der Waals surface area contributed by atoms with Crippen LogP contribution in [0.1, 0.15) is 24.0 Å². The average molecular weight is 214 g/mol. The summed E-state index contributed by atoms with van der Waals surface area (Å²) in [5.41, 5.74) is 0.744. The number of carbonyl (C=O) groups is 2. The van der Waals surface area contributed by atoms with Crippen LogP contribution in [-0.2, 0) is 15.0 Å². The fraction of sp³-hybridized carbons (Fsp3) is 0.231. The summed E-state index contributed by atoms with van der Waals surface area (Å²) in [4.78, 5) is 21.2. The number of benzene rings is 1. The standard InChI is InChI=1S/C13H10O3/c14-8-2-4-10-3-1-5-11(9-10)13(6-7-13)12(15)16/h1,3,5,8-9H,6-7H2,(H,15,16). The van der Waals surface area contributed by atoms with Gasteiger partial charge in [-0.05, 0) is 36.5 Å². The van der Waals surface area contributed by atoms with Gasteiger partial charge in [0.25, 0.3) is 0 Å². The first kappa shape index (κ1) is 10.4. The molecule has 2 rings (SSSR count). The molecule has 1 saturated carbocycles. The van der Waals surface area contributed by atoms with E-state index in [4.69, 9.17) is 5.11 Å². The highest BCUT2D eigenvalue weighted by molar-refractivity contribution is 5.85. The number of carboxylic acids is 1. The van der Waals surface area contributed by atoms with Crippen molar-refractivity contribution in [3.05, 3.63) is 35.4 Å². The van der Waals surface area contributed by atoms with Gasteiger partial charge in [0.05, 0.1) is 5.41 Å². The molecule has 1 aromatic carbocycles. The Morgan fingerprint density at radius 2 is 2.19 bits per heavy atom. The molecule has 80 valence electrons. The van der Waals surface area contributed by atoms with E-state index in [0.717, 1.165) is 5.56 Å². The number of rotatable bonds is 2. The van der Waals surface area contributed by atoms with Gasteiger partial charge in [-0.25, -0.2) is 0 Å². The summed E-state index contributed by atoms with van der Waals surface area (Å²) in [6, 6.07) is 7.08. The van der Waals surface area contributed by atoms with E-state index in [9.17, 15) is 9.59 Å². The first-order valence-corrected chi connectivity index (χ1v) is 4.98. The molecule has 0 atom stereocenters. The maximum atomic E-state index is 11.1. The molecule has 1 aliphatic carbocycles. The summed E-state index contributed by atoms with van der Waals surface area (Å²) in [5, 5.41) is 9.13. The first-order valence-electron chi connectivity index (χ1n) is 4.98. The van der Waals surface area contributed by atoms with Gasteiger partial charge in [-0.2, -0.15) is 0 Å². The van der Waals surface area contributed by atoms with Crippen LogP contribution in [0, 0.1) is 11.8 Å². The van der Waals surface area contributed by atoms with Crippen molar-refractivity contribution < 1.29 is 14.7 Å². The van der Waals surface area contributed by atoms with Crippen LogP contribution in [0.15, 0.2) is 24.3 Å². The van der Waals surface area contributed by atoms with E-state index >= 15 is 0 Å². The van der Waals surface area contributed by atoms with Crippen molar-refractivity contribution in [1.82, 2.24) is 0 Å². The largest absolute Gasteiger partial charge is 0.481 e. The summed E-state index contributed by atoms with van der Waals surface area (Å²) < 4.78 is 0. The molecular weight excluding hydrogens is 204 g/mol. The smallest absolute Gasteiger partial charge is 0.314 e. The third-order valence-corrected chi connectivity index (χ3v) is 2.85. The van der Waals surface area contributed by atoms with Crippen molar-refractivity contribution >= 4 is 12.3 Å². The van der Waals surface area contributed by atoms with Gasteiger partial charge < -0.3 is 5.11 Å². The Balaban J connectivity index is 2.37. The van der Waals surface area contributed by atoms with Crippen molar-refractivity contribution in [2.75, 3.05) is 0 Å². The summed E-state index contributed by atoms with van der Waals surface area (Å²) in [7, 11) is 0. The SMILES string of the molecule is O=CC#Cc1cccc(C2(C(=O)O)CC2)c1. The molecule has 0 amide bonds. The van der Waals surface area contributed by atoms with Crippen LogP contribution in [0.2, 0.25) is 0 Å². The Kier molecular flexibility index (Phi) is 2.49. The predicted molar refractivity (Wildman–Crippen MR) is 57.9 cm³/mol. The summed E-state index contributed by atoms with van der Waals surface area (Å²) >= 11 is 0. The molecule has 3 heteroatoms. The molecule has 0 bridgehead atoms. The maximum absolute atomic E-state index is 11.1. The van der Waals surface area contributed by atoms with Gasteiger partial charge in [0.1, 0.15) is 0 Å². The monoisotopic (exact) mass is 214 g/mol. The second-order valence-corrected chi connectivity index (χ2v) is 3.86. The highest BCUT2D eigenvalue weighted by Crippen LogP contribution is 2.48. The van der Waals surface area contributed by atoms with Gasteiger partial charge >= 0.3 is 5.97 Å². The van der Waals surface area contributed by atoms with Gasteiger partial charge in [-0.1, -0.05) is 18.1 Å². The van der Waals surface area contributed by atoms with Crippen LogP contribution < -0.4 is 0 Å². The lowest BCUT2D eigenvalue weighted by atomic mass is 9.95. The lowest BCUT2D eigenvalue weighted by molar-refractivity contribution is -0.140. The van der Waals surface area contributed by atoms with Crippen molar-refractivity contribution in [2.24, 2.45) is 0 Å². The molecule has 1 fully saturated rings. The minimum absolute atomic E-state index is 0.525. The quantitative estimate of drug-likeness (QED) is 0.597. The molecule has 0 radical (unpaired) electrons. The lowest BCUT2D eigenvalue weighted by Gasteiger charge is -2.09. The van der Waals surface area contributed by atoms with Gasteiger partial charge in [0, 0.05) is 5.56 Å². The van der Waals surface area contributed by atoms with Crippen LogP contribution in [0.3, 0.4) is 0 Å². The Bertz CT molecular complexity index is 501. The fourth-order valence-electron chi connectivity index (χ4n) is 1.76. The molecule has 0 aromatic heterocycles. The Hall–Kier alpha value is -2.08. The number of aldehydes is 1. The molecule has 16 heavy (non-hydrogen) atoms. The topological polar surface area (TPSA) is 54.4 Å². The molecule has 1 aromatic rings.